The third kappa shape index (κ3) is 5.01. The van der Waals surface area contributed by atoms with Gasteiger partial charge in [0.2, 0.25) is 0 Å². The smallest absolute Gasteiger partial charge is 0.416 e. The number of hydrogen-bond donors (Lipinski definition) is 2. The van der Waals surface area contributed by atoms with E-state index in [0.717, 1.165) is 22.9 Å². The van der Waals surface area contributed by atoms with Crippen LogP contribution in [0.25, 0.3) is 10.8 Å². The summed E-state index contributed by atoms with van der Waals surface area (Å²) in [6.07, 6.45) is -5.55. The van der Waals surface area contributed by atoms with Crippen LogP contribution in [-0.4, -0.2) is 24.2 Å². The normalized spacial score (nSPS) is 12.6. The number of aliphatic hydroxyl groups excluding tert-OH is 1. The van der Waals surface area contributed by atoms with Gasteiger partial charge < -0.3 is 15.2 Å². The van der Waals surface area contributed by atoms with Crippen molar-refractivity contribution in [1.29, 1.82) is 0 Å². The van der Waals surface area contributed by atoms with Crippen molar-refractivity contribution in [3.63, 3.8) is 0 Å². The highest BCUT2D eigenvalue weighted by atomic mass is 19.4. The van der Waals surface area contributed by atoms with E-state index >= 15 is 0 Å². The third-order valence-corrected chi connectivity index (χ3v) is 4.21. The number of rotatable bonds is 6. The van der Waals surface area contributed by atoms with E-state index in [9.17, 15) is 23.1 Å². The van der Waals surface area contributed by atoms with Gasteiger partial charge in [-0.2, -0.15) is 13.2 Å². The maximum absolute atomic E-state index is 12.6. The molecule has 3 aromatic rings. The zero-order valence-corrected chi connectivity index (χ0v) is 14.7. The van der Waals surface area contributed by atoms with Crippen LogP contribution in [-0.2, 0) is 11.0 Å². The summed E-state index contributed by atoms with van der Waals surface area (Å²) < 4.78 is 43.1. The van der Waals surface area contributed by atoms with Gasteiger partial charge in [0, 0.05) is 6.54 Å². The largest absolute Gasteiger partial charge is 0.484 e. The maximum Gasteiger partial charge on any atom is 0.416 e. The molecule has 0 heterocycles. The summed E-state index contributed by atoms with van der Waals surface area (Å²) in [4.78, 5) is 11.9. The number of nitrogens with one attached hydrogen (secondary N) is 1. The third-order valence-electron chi connectivity index (χ3n) is 4.21. The SMILES string of the molecule is O=C(COc1ccc2ccccc2c1)NCC(O)c1ccc(C(F)(F)F)cc1. The predicted molar refractivity (Wildman–Crippen MR) is 98.9 cm³/mol. The minimum atomic E-state index is -4.43. The number of ether oxygens (including phenoxy) is 1. The van der Waals surface area contributed by atoms with E-state index in [1.165, 1.54) is 12.1 Å². The number of carbonyl (C=O) groups excluding carboxylic acids is 1. The van der Waals surface area contributed by atoms with Gasteiger partial charge in [-0.05, 0) is 40.6 Å². The van der Waals surface area contributed by atoms with Gasteiger partial charge in [-0.3, -0.25) is 4.79 Å². The van der Waals surface area contributed by atoms with E-state index in [4.69, 9.17) is 4.74 Å². The second kappa shape index (κ2) is 8.31. The first-order valence-corrected chi connectivity index (χ1v) is 8.56. The minimum Gasteiger partial charge on any atom is -0.484 e. The second-order valence-corrected chi connectivity index (χ2v) is 6.24. The van der Waals surface area contributed by atoms with Gasteiger partial charge in [0.15, 0.2) is 6.61 Å². The van der Waals surface area contributed by atoms with E-state index in [0.29, 0.717) is 5.75 Å². The van der Waals surface area contributed by atoms with Crippen LogP contribution in [0, 0.1) is 0 Å². The molecule has 1 unspecified atom stereocenters. The molecule has 7 heteroatoms. The summed E-state index contributed by atoms with van der Waals surface area (Å²) in [6.45, 7) is -0.372. The molecule has 146 valence electrons. The quantitative estimate of drug-likeness (QED) is 0.668. The monoisotopic (exact) mass is 389 g/mol. The number of fused-ring (bicyclic) bond motifs is 1. The van der Waals surface area contributed by atoms with E-state index in [2.05, 4.69) is 5.32 Å². The van der Waals surface area contributed by atoms with Gasteiger partial charge in [-0.1, -0.05) is 42.5 Å². The molecule has 0 saturated heterocycles. The summed E-state index contributed by atoms with van der Waals surface area (Å²) >= 11 is 0. The number of benzene rings is 3. The Balaban J connectivity index is 1.49. The molecule has 1 atom stereocenters. The van der Waals surface area contributed by atoms with Crippen LogP contribution >= 0.6 is 0 Å². The van der Waals surface area contributed by atoms with E-state index in [-0.39, 0.29) is 18.7 Å². The van der Waals surface area contributed by atoms with Gasteiger partial charge in [0.1, 0.15) is 5.75 Å². The number of alkyl halides is 3. The van der Waals surface area contributed by atoms with Crippen molar-refractivity contribution >= 4 is 16.7 Å². The van der Waals surface area contributed by atoms with Crippen molar-refractivity contribution in [2.24, 2.45) is 0 Å². The Morgan fingerprint density at radius 1 is 1.00 bits per heavy atom. The molecule has 4 nitrogen and oxygen atoms in total. The second-order valence-electron chi connectivity index (χ2n) is 6.24. The fourth-order valence-electron chi connectivity index (χ4n) is 2.68. The van der Waals surface area contributed by atoms with Crippen LogP contribution in [0.5, 0.6) is 5.75 Å². The first-order chi connectivity index (χ1) is 13.3. The molecule has 2 N–H and O–H groups in total. The Morgan fingerprint density at radius 2 is 1.68 bits per heavy atom. The fraction of sp³-hybridized carbons (Fsp3) is 0.190. The zero-order valence-electron chi connectivity index (χ0n) is 14.7. The lowest BCUT2D eigenvalue weighted by atomic mass is 10.1. The Hall–Kier alpha value is -3.06. The number of aliphatic hydroxyl groups is 1. The molecule has 3 aromatic carbocycles. The lowest BCUT2D eigenvalue weighted by Crippen LogP contribution is -2.32. The summed E-state index contributed by atoms with van der Waals surface area (Å²) in [5, 5.41) is 14.6. The highest BCUT2D eigenvalue weighted by Gasteiger charge is 2.30. The fourth-order valence-corrected chi connectivity index (χ4v) is 2.68. The summed E-state index contributed by atoms with van der Waals surface area (Å²) in [6, 6.07) is 17.4. The van der Waals surface area contributed by atoms with E-state index in [1.807, 2.05) is 36.4 Å². The molecule has 0 radical (unpaired) electrons. The Bertz CT molecular complexity index is 955. The lowest BCUT2D eigenvalue weighted by molar-refractivity contribution is -0.137. The Kier molecular flexibility index (Phi) is 5.84. The lowest BCUT2D eigenvalue weighted by Gasteiger charge is -2.14. The maximum atomic E-state index is 12.6. The first kappa shape index (κ1) is 19.7. The molecule has 0 aromatic heterocycles. The number of amides is 1. The number of halogens is 3. The summed E-state index contributed by atoms with van der Waals surface area (Å²) in [7, 11) is 0. The molecule has 0 aliphatic rings. The van der Waals surface area contributed by atoms with Crippen LogP contribution < -0.4 is 10.1 Å². The molecule has 0 bridgehead atoms. The van der Waals surface area contributed by atoms with Crippen LogP contribution in [0.15, 0.2) is 66.7 Å². The van der Waals surface area contributed by atoms with Crippen molar-refractivity contribution in [2.75, 3.05) is 13.2 Å². The first-order valence-electron chi connectivity index (χ1n) is 8.56. The molecule has 0 aliphatic carbocycles. The minimum absolute atomic E-state index is 0.134. The zero-order chi connectivity index (χ0) is 20.1. The van der Waals surface area contributed by atoms with Gasteiger partial charge in [-0.25, -0.2) is 0 Å². The number of hydrogen-bond acceptors (Lipinski definition) is 3. The van der Waals surface area contributed by atoms with Crippen molar-refractivity contribution in [3.05, 3.63) is 77.9 Å². The summed E-state index contributed by atoms with van der Waals surface area (Å²) in [5.74, 6) is 0.0938. The van der Waals surface area contributed by atoms with Crippen molar-refractivity contribution < 1.29 is 27.8 Å². The van der Waals surface area contributed by atoms with E-state index < -0.39 is 23.8 Å². The van der Waals surface area contributed by atoms with Gasteiger partial charge in [0.05, 0.1) is 11.7 Å². The van der Waals surface area contributed by atoms with Crippen molar-refractivity contribution in [3.8, 4) is 5.75 Å². The van der Waals surface area contributed by atoms with Crippen molar-refractivity contribution in [2.45, 2.75) is 12.3 Å². The number of carbonyl (C=O) groups is 1. The molecule has 3 rings (SSSR count). The molecule has 0 spiro atoms. The highest BCUT2D eigenvalue weighted by Crippen LogP contribution is 2.29. The predicted octanol–water partition coefficient (Wildman–Crippen LogP) is 4.09. The van der Waals surface area contributed by atoms with Gasteiger partial charge in [-0.15, -0.1) is 0 Å². The van der Waals surface area contributed by atoms with Crippen LogP contribution in [0.1, 0.15) is 17.2 Å². The molecule has 0 fully saturated rings. The van der Waals surface area contributed by atoms with Crippen LogP contribution in [0.2, 0.25) is 0 Å². The van der Waals surface area contributed by atoms with Crippen LogP contribution in [0.4, 0.5) is 13.2 Å². The van der Waals surface area contributed by atoms with Gasteiger partial charge in [0.25, 0.3) is 5.91 Å². The molecule has 1 amide bonds. The molecular weight excluding hydrogens is 371 g/mol. The highest BCUT2D eigenvalue weighted by molar-refractivity contribution is 5.84. The molecule has 0 saturated carbocycles. The van der Waals surface area contributed by atoms with Crippen LogP contribution in [0.3, 0.4) is 0 Å². The van der Waals surface area contributed by atoms with Gasteiger partial charge >= 0.3 is 6.18 Å². The molecule has 28 heavy (non-hydrogen) atoms. The van der Waals surface area contributed by atoms with E-state index in [1.54, 1.807) is 6.07 Å². The standard InChI is InChI=1S/C21H18F3NO3/c22-21(23,24)17-8-5-15(6-9-17)19(26)12-25-20(27)13-28-18-10-7-14-3-1-2-4-16(14)11-18/h1-11,19,26H,12-13H2,(H,25,27). The summed E-state index contributed by atoms with van der Waals surface area (Å²) in [5.41, 5.74) is -0.514. The molecule has 0 aliphatic heterocycles. The molecular formula is C21H18F3NO3. The average molecular weight is 389 g/mol. The Labute approximate surface area is 159 Å². The van der Waals surface area contributed by atoms with Crippen molar-refractivity contribution in [1.82, 2.24) is 5.32 Å². The average Bonchev–Trinajstić information content (AvgIpc) is 2.69. The Morgan fingerprint density at radius 3 is 2.36 bits per heavy atom. The topological polar surface area (TPSA) is 58.6 Å².